The van der Waals surface area contributed by atoms with Crippen molar-refractivity contribution in [2.45, 2.75) is 19.9 Å². The molecule has 3 rings (SSSR count). The van der Waals surface area contributed by atoms with Gasteiger partial charge in [-0.1, -0.05) is 30.3 Å². The van der Waals surface area contributed by atoms with E-state index in [0.29, 0.717) is 25.5 Å². The molecule has 2 aromatic rings. The summed E-state index contributed by atoms with van der Waals surface area (Å²) in [5.41, 5.74) is 2.48. The van der Waals surface area contributed by atoms with E-state index in [1.54, 1.807) is 13.2 Å². The maximum Gasteiger partial charge on any atom is 0.224 e. The van der Waals surface area contributed by atoms with Gasteiger partial charge in [-0.15, -0.1) is 24.0 Å². The van der Waals surface area contributed by atoms with E-state index in [1.165, 1.54) is 11.1 Å². The molecule has 0 bridgehead atoms. The molecule has 1 saturated heterocycles. The van der Waals surface area contributed by atoms with Crippen LogP contribution < -0.4 is 15.5 Å². The topological polar surface area (TPSA) is 72.9 Å². The smallest absolute Gasteiger partial charge is 0.224 e. The summed E-state index contributed by atoms with van der Waals surface area (Å²) in [4.78, 5) is 25.3. The molecule has 2 heterocycles. The Labute approximate surface area is 196 Å². The van der Waals surface area contributed by atoms with Crippen molar-refractivity contribution in [1.29, 1.82) is 0 Å². The van der Waals surface area contributed by atoms with Gasteiger partial charge in [0.1, 0.15) is 5.82 Å². The van der Waals surface area contributed by atoms with Gasteiger partial charge < -0.3 is 20.4 Å². The number of halogens is 1. The van der Waals surface area contributed by atoms with E-state index < -0.39 is 0 Å². The second-order valence-corrected chi connectivity index (χ2v) is 7.08. The molecule has 0 saturated carbocycles. The Morgan fingerprint density at radius 3 is 2.47 bits per heavy atom. The minimum Gasteiger partial charge on any atom is -0.356 e. The van der Waals surface area contributed by atoms with Crippen LogP contribution in [0.4, 0.5) is 5.82 Å². The van der Waals surface area contributed by atoms with Gasteiger partial charge in [0.25, 0.3) is 0 Å². The van der Waals surface area contributed by atoms with Crippen molar-refractivity contribution in [2.75, 3.05) is 44.7 Å². The fraction of sp³-hybridized carbons (Fsp3) is 0.409. The summed E-state index contributed by atoms with van der Waals surface area (Å²) >= 11 is 0. The fourth-order valence-electron chi connectivity index (χ4n) is 3.38. The van der Waals surface area contributed by atoms with E-state index in [2.05, 4.69) is 44.6 Å². The first-order valence-electron chi connectivity index (χ1n) is 10.1. The second-order valence-electron chi connectivity index (χ2n) is 7.08. The van der Waals surface area contributed by atoms with Crippen molar-refractivity contribution in [2.24, 2.45) is 4.99 Å². The van der Waals surface area contributed by atoms with Crippen molar-refractivity contribution in [3.63, 3.8) is 0 Å². The van der Waals surface area contributed by atoms with E-state index in [4.69, 9.17) is 0 Å². The number of aliphatic imine (C=N–C) groups is 1. The number of anilines is 1. The number of benzene rings is 1. The number of nitrogens with one attached hydrogen (secondary N) is 2. The molecule has 1 aliphatic heterocycles. The molecule has 0 unspecified atom stereocenters. The van der Waals surface area contributed by atoms with Crippen LogP contribution in [0.1, 0.15) is 17.5 Å². The molecule has 2 N–H and O–H groups in total. The lowest BCUT2D eigenvalue weighted by Gasteiger charge is -2.35. The molecule has 0 aliphatic carbocycles. The highest BCUT2D eigenvalue weighted by Crippen LogP contribution is 2.13. The maximum absolute atomic E-state index is 12.5. The molecule has 7 nitrogen and oxygen atoms in total. The van der Waals surface area contributed by atoms with Crippen LogP contribution in [0, 0.1) is 6.92 Å². The third kappa shape index (κ3) is 6.86. The number of amides is 1. The Morgan fingerprint density at radius 1 is 1.07 bits per heavy atom. The molecule has 1 aromatic heterocycles. The minimum absolute atomic E-state index is 0. The molecule has 0 atom stereocenters. The fourth-order valence-corrected chi connectivity index (χ4v) is 3.38. The van der Waals surface area contributed by atoms with Gasteiger partial charge in [0, 0.05) is 58.9 Å². The maximum atomic E-state index is 12.5. The number of carbonyl (C=O) groups excluding carboxylic acids is 1. The number of nitrogens with zero attached hydrogens (tertiary/aromatic N) is 4. The average Bonchev–Trinajstić information content (AvgIpc) is 2.77. The van der Waals surface area contributed by atoms with Crippen molar-refractivity contribution in [1.82, 2.24) is 20.5 Å². The lowest BCUT2D eigenvalue weighted by molar-refractivity contribution is -0.131. The summed E-state index contributed by atoms with van der Waals surface area (Å²) in [5.74, 6) is 1.86. The summed E-state index contributed by atoms with van der Waals surface area (Å²) in [7, 11) is 1.74. The van der Waals surface area contributed by atoms with Gasteiger partial charge in [0.2, 0.25) is 5.91 Å². The van der Waals surface area contributed by atoms with E-state index in [9.17, 15) is 4.79 Å². The van der Waals surface area contributed by atoms with Crippen LogP contribution in [-0.2, 0) is 11.3 Å². The van der Waals surface area contributed by atoms with Crippen LogP contribution in [-0.4, -0.2) is 61.5 Å². The lowest BCUT2D eigenvalue weighted by Crippen LogP contribution is -2.49. The zero-order chi connectivity index (χ0) is 20.5. The Morgan fingerprint density at radius 2 is 1.80 bits per heavy atom. The summed E-state index contributed by atoms with van der Waals surface area (Å²) in [6.07, 6.45) is 2.26. The highest BCUT2D eigenvalue weighted by atomic mass is 127. The Balaban J connectivity index is 0.00000320. The number of guanidine groups is 1. The Hall–Kier alpha value is -2.36. The molecule has 162 valence electrons. The number of aryl methyl sites for hydroxylation is 1. The van der Waals surface area contributed by atoms with Gasteiger partial charge in [0.05, 0.1) is 0 Å². The highest BCUT2D eigenvalue weighted by molar-refractivity contribution is 14.0. The summed E-state index contributed by atoms with van der Waals surface area (Å²) in [5, 5.41) is 6.54. The molecule has 1 aromatic carbocycles. The van der Waals surface area contributed by atoms with Gasteiger partial charge in [0.15, 0.2) is 5.96 Å². The zero-order valence-electron chi connectivity index (χ0n) is 17.7. The molecule has 0 spiro atoms. The van der Waals surface area contributed by atoms with E-state index in [1.807, 2.05) is 35.2 Å². The van der Waals surface area contributed by atoms with E-state index in [0.717, 1.165) is 32.0 Å². The van der Waals surface area contributed by atoms with Crippen LogP contribution in [0.3, 0.4) is 0 Å². The van der Waals surface area contributed by atoms with Crippen molar-refractivity contribution in [3.8, 4) is 0 Å². The third-order valence-electron chi connectivity index (χ3n) is 5.17. The predicted molar refractivity (Wildman–Crippen MR) is 132 cm³/mol. The van der Waals surface area contributed by atoms with Crippen molar-refractivity contribution in [3.05, 3.63) is 59.8 Å². The highest BCUT2D eigenvalue weighted by Gasteiger charge is 2.21. The number of rotatable bonds is 6. The number of hydrogen-bond acceptors (Lipinski definition) is 4. The molecule has 1 aliphatic rings. The predicted octanol–water partition coefficient (Wildman–Crippen LogP) is 2.41. The van der Waals surface area contributed by atoms with Gasteiger partial charge in [-0.2, -0.15) is 0 Å². The lowest BCUT2D eigenvalue weighted by atomic mass is 10.1. The van der Waals surface area contributed by atoms with E-state index >= 15 is 0 Å². The molecule has 30 heavy (non-hydrogen) atoms. The monoisotopic (exact) mass is 522 g/mol. The standard InChI is InChI=1S/C22H30N6O.HI/c1-18-7-3-4-8-19(18)17-26-22(23-2)25-12-10-21(29)28-15-13-27(14-16-28)20-9-5-6-11-24-20;/h3-9,11H,10,12-17H2,1-2H3,(H2,23,25,26);1H. The molecular formula is C22H31IN6O. The van der Waals surface area contributed by atoms with Crippen molar-refractivity contribution < 1.29 is 4.79 Å². The van der Waals surface area contributed by atoms with Crippen LogP contribution in [0.5, 0.6) is 0 Å². The average molecular weight is 522 g/mol. The van der Waals surface area contributed by atoms with Crippen molar-refractivity contribution >= 4 is 41.7 Å². The Kier molecular flexibility index (Phi) is 9.85. The first-order valence-corrected chi connectivity index (χ1v) is 10.1. The number of pyridine rings is 1. The van der Waals surface area contributed by atoms with Gasteiger partial charge in [-0.25, -0.2) is 4.98 Å². The number of carbonyl (C=O) groups is 1. The van der Waals surface area contributed by atoms with Crippen LogP contribution in [0.15, 0.2) is 53.7 Å². The minimum atomic E-state index is 0. The summed E-state index contributed by atoms with van der Waals surface area (Å²) in [6, 6.07) is 14.2. The van der Waals surface area contributed by atoms with Gasteiger partial charge >= 0.3 is 0 Å². The number of piperazine rings is 1. The Bertz CT molecular complexity index is 821. The van der Waals surface area contributed by atoms with Gasteiger partial charge in [-0.3, -0.25) is 9.79 Å². The van der Waals surface area contributed by atoms with Crippen LogP contribution >= 0.6 is 24.0 Å². The molecule has 8 heteroatoms. The van der Waals surface area contributed by atoms with E-state index in [-0.39, 0.29) is 29.9 Å². The molecular weight excluding hydrogens is 491 g/mol. The molecule has 1 amide bonds. The molecule has 1 fully saturated rings. The summed E-state index contributed by atoms with van der Waals surface area (Å²) < 4.78 is 0. The normalized spacial score (nSPS) is 14.1. The SMILES string of the molecule is CN=C(NCCC(=O)N1CCN(c2ccccn2)CC1)NCc1ccccc1C.I. The second kappa shape index (κ2) is 12.4. The van der Waals surface area contributed by atoms with Crippen LogP contribution in [0.2, 0.25) is 0 Å². The first-order chi connectivity index (χ1) is 14.2. The third-order valence-corrected chi connectivity index (χ3v) is 5.17. The molecule has 0 radical (unpaired) electrons. The number of aromatic nitrogens is 1. The quantitative estimate of drug-likeness (QED) is 0.347. The van der Waals surface area contributed by atoms with Gasteiger partial charge in [-0.05, 0) is 30.2 Å². The number of hydrogen-bond donors (Lipinski definition) is 2. The summed E-state index contributed by atoms with van der Waals surface area (Å²) in [6.45, 7) is 6.46. The van der Waals surface area contributed by atoms with Crippen LogP contribution in [0.25, 0.3) is 0 Å². The first kappa shape index (κ1) is 23.9. The largest absolute Gasteiger partial charge is 0.356 e. The zero-order valence-corrected chi connectivity index (χ0v) is 20.0.